The van der Waals surface area contributed by atoms with Gasteiger partial charge in [-0.2, -0.15) is 5.26 Å². The number of rotatable bonds is 3. The Morgan fingerprint density at radius 2 is 2.05 bits per heavy atom. The normalized spacial score (nSPS) is 10.9. The second-order valence-corrected chi connectivity index (χ2v) is 7.08. The molecule has 98 valence electrons. The third kappa shape index (κ3) is 2.54. The van der Waals surface area contributed by atoms with Gasteiger partial charge in [-0.1, -0.05) is 6.07 Å². The lowest BCUT2D eigenvalue weighted by atomic mass is 10.3. The summed E-state index contributed by atoms with van der Waals surface area (Å²) in [5.41, 5.74) is 6.61. The van der Waals surface area contributed by atoms with E-state index in [1.807, 2.05) is 6.07 Å². The summed E-state index contributed by atoms with van der Waals surface area (Å²) in [7, 11) is -2.20. The van der Waals surface area contributed by atoms with Crippen LogP contribution in [0.25, 0.3) is 0 Å². The summed E-state index contributed by atoms with van der Waals surface area (Å²) in [5, 5.41) is 8.74. The third-order valence-corrected chi connectivity index (χ3v) is 5.78. The summed E-state index contributed by atoms with van der Waals surface area (Å²) in [5.74, 6) is 0. The summed E-state index contributed by atoms with van der Waals surface area (Å²) in [6.45, 7) is 0. The van der Waals surface area contributed by atoms with E-state index in [1.165, 1.54) is 19.2 Å². The molecule has 1 heterocycles. The maximum Gasteiger partial charge on any atom is 0.273 e. The van der Waals surface area contributed by atoms with E-state index in [4.69, 9.17) is 11.0 Å². The van der Waals surface area contributed by atoms with Gasteiger partial charge in [0.25, 0.3) is 10.0 Å². The van der Waals surface area contributed by atoms with Crippen LogP contribution in [0, 0.1) is 11.3 Å². The molecule has 19 heavy (non-hydrogen) atoms. The van der Waals surface area contributed by atoms with Crippen molar-refractivity contribution < 1.29 is 8.42 Å². The molecule has 5 nitrogen and oxygen atoms in total. The second-order valence-electron chi connectivity index (χ2n) is 3.80. The predicted octanol–water partition coefficient (Wildman–Crippen LogP) is 2.03. The van der Waals surface area contributed by atoms with Crippen LogP contribution in [0.3, 0.4) is 0 Å². The van der Waals surface area contributed by atoms with Crippen LogP contribution in [0.4, 0.5) is 11.4 Å². The predicted molar refractivity (Wildman–Crippen MR) is 75.5 cm³/mol. The van der Waals surface area contributed by atoms with Gasteiger partial charge in [0, 0.05) is 12.7 Å². The van der Waals surface area contributed by atoms with Crippen molar-refractivity contribution in [3.8, 4) is 6.07 Å². The van der Waals surface area contributed by atoms with E-state index >= 15 is 0 Å². The van der Waals surface area contributed by atoms with Crippen LogP contribution in [0.15, 0.2) is 40.6 Å². The van der Waals surface area contributed by atoms with Crippen LogP contribution in [0.2, 0.25) is 0 Å². The van der Waals surface area contributed by atoms with E-state index in [1.54, 1.807) is 24.3 Å². The van der Waals surface area contributed by atoms with Gasteiger partial charge in [0.05, 0.1) is 5.69 Å². The summed E-state index contributed by atoms with van der Waals surface area (Å²) >= 11 is 0.945. The molecule has 0 fully saturated rings. The highest BCUT2D eigenvalue weighted by Crippen LogP contribution is 2.27. The second kappa shape index (κ2) is 4.91. The number of anilines is 2. The van der Waals surface area contributed by atoms with E-state index in [-0.39, 0.29) is 4.21 Å². The van der Waals surface area contributed by atoms with Crippen LogP contribution in [-0.2, 0) is 10.0 Å². The standard InChI is InChI=1S/C12H11N3O2S2/c1-15(10-4-2-3-9(14)7-10)19(16,17)12-6-5-11(8-13)18-12/h2-7H,14H2,1H3. The van der Waals surface area contributed by atoms with Crippen LogP contribution in [0.1, 0.15) is 4.88 Å². The van der Waals surface area contributed by atoms with E-state index in [0.717, 1.165) is 15.6 Å². The Bertz CT molecular complexity index is 744. The van der Waals surface area contributed by atoms with Gasteiger partial charge in [-0.15, -0.1) is 11.3 Å². The van der Waals surface area contributed by atoms with Gasteiger partial charge in [0.1, 0.15) is 15.2 Å². The van der Waals surface area contributed by atoms with Gasteiger partial charge in [-0.05, 0) is 30.3 Å². The summed E-state index contributed by atoms with van der Waals surface area (Å²) in [6, 6.07) is 11.5. The van der Waals surface area contributed by atoms with E-state index in [9.17, 15) is 8.42 Å². The molecule has 0 amide bonds. The fourth-order valence-corrected chi connectivity index (χ4v) is 3.97. The molecule has 2 rings (SSSR count). The lowest BCUT2D eigenvalue weighted by Gasteiger charge is -2.18. The van der Waals surface area contributed by atoms with Crippen LogP contribution in [-0.4, -0.2) is 15.5 Å². The minimum Gasteiger partial charge on any atom is -0.399 e. The topological polar surface area (TPSA) is 87.2 Å². The molecule has 1 aromatic carbocycles. The molecule has 1 aromatic heterocycles. The monoisotopic (exact) mass is 293 g/mol. The van der Waals surface area contributed by atoms with Gasteiger partial charge >= 0.3 is 0 Å². The largest absolute Gasteiger partial charge is 0.399 e. The zero-order valence-electron chi connectivity index (χ0n) is 10.1. The molecular formula is C12H11N3O2S2. The molecule has 0 saturated heterocycles. The Balaban J connectivity index is 2.42. The van der Waals surface area contributed by atoms with E-state index in [0.29, 0.717) is 16.3 Å². The lowest BCUT2D eigenvalue weighted by molar-refractivity contribution is 0.596. The number of nitriles is 1. The van der Waals surface area contributed by atoms with Crippen molar-refractivity contribution in [2.45, 2.75) is 4.21 Å². The lowest BCUT2D eigenvalue weighted by Crippen LogP contribution is -2.25. The Hall–Kier alpha value is -2.04. The molecule has 0 unspecified atom stereocenters. The molecule has 0 spiro atoms. The van der Waals surface area contributed by atoms with Crippen LogP contribution in [0.5, 0.6) is 0 Å². The molecule has 0 aliphatic carbocycles. The number of benzene rings is 1. The zero-order valence-corrected chi connectivity index (χ0v) is 11.7. The van der Waals surface area contributed by atoms with Crippen molar-refractivity contribution in [1.82, 2.24) is 0 Å². The first-order valence-electron chi connectivity index (χ1n) is 5.29. The fourth-order valence-electron chi connectivity index (χ4n) is 1.51. The molecule has 0 aliphatic heterocycles. The summed E-state index contributed by atoms with van der Waals surface area (Å²) < 4.78 is 26.0. The van der Waals surface area contributed by atoms with Gasteiger partial charge in [0.2, 0.25) is 0 Å². The maximum absolute atomic E-state index is 12.4. The maximum atomic E-state index is 12.4. The molecule has 2 aromatic rings. The number of nitrogens with zero attached hydrogens (tertiary/aromatic N) is 2. The highest BCUT2D eigenvalue weighted by molar-refractivity contribution is 7.94. The number of thiophene rings is 1. The molecule has 0 bridgehead atoms. The highest BCUT2D eigenvalue weighted by atomic mass is 32.2. The highest BCUT2D eigenvalue weighted by Gasteiger charge is 2.23. The Morgan fingerprint density at radius 1 is 1.32 bits per heavy atom. The molecule has 7 heteroatoms. The number of nitrogens with two attached hydrogens (primary N) is 1. The first-order chi connectivity index (χ1) is 8.95. The first kappa shape index (κ1) is 13.4. The van der Waals surface area contributed by atoms with Crippen molar-refractivity contribution in [2.75, 3.05) is 17.1 Å². The van der Waals surface area contributed by atoms with Crippen molar-refractivity contribution in [1.29, 1.82) is 5.26 Å². The SMILES string of the molecule is CN(c1cccc(N)c1)S(=O)(=O)c1ccc(C#N)s1. The van der Waals surface area contributed by atoms with Crippen molar-refractivity contribution in [3.05, 3.63) is 41.3 Å². The summed E-state index contributed by atoms with van der Waals surface area (Å²) in [4.78, 5) is 0.361. The Morgan fingerprint density at radius 3 is 2.63 bits per heavy atom. The molecule has 0 saturated carbocycles. The number of hydrogen-bond acceptors (Lipinski definition) is 5. The van der Waals surface area contributed by atoms with E-state index < -0.39 is 10.0 Å². The average Bonchev–Trinajstić information content (AvgIpc) is 2.87. The Labute approximate surface area is 115 Å². The molecule has 0 radical (unpaired) electrons. The number of hydrogen-bond donors (Lipinski definition) is 1. The van der Waals surface area contributed by atoms with Gasteiger partial charge < -0.3 is 5.73 Å². The molecule has 0 aliphatic rings. The number of sulfonamides is 1. The minimum absolute atomic E-state index is 0.133. The Kier molecular flexibility index (Phi) is 3.46. The van der Waals surface area contributed by atoms with Crippen molar-refractivity contribution >= 4 is 32.7 Å². The third-order valence-electron chi connectivity index (χ3n) is 2.54. The van der Waals surface area contributed by atoms with Crippen molar-refractivity contribution in [3.63, 3.8) is 0 Å². The molecule has 0 atom stereocenters. The van der Waals surface area contributed by atoms with Gasteiger partial charge in [0.15, 0.2) is 0 Å². The fraction of sp³-hybridized carbons (Fsp3) is 0.0833. The quantitative estimate of drug-likeness (QED) is 0.877. The molecular weight excluding hydrogens is 282 g/mol. The van der Waals surface area contributed by atoms with E-state index in [2.05, 4.69) is 0 Å². The average molecular weight is 293 g/mol. The van der Waals surface area contributed by atoms with Gasteiger partial charge in [-0.25, -0.2) is 8.42 Å². The van der Waals surface area contributed by atoms with Crippen molar-refractivity contribution in [2.24, 2.45) is 0 Å². The zero-order chi connectivity index (χ0) is 14.0. The van der Waals surface area contributed by atoms with Gasteiger partial charge in [-0.3, -0.25) is 4.31 Å². The minimum atomic E-state index is -3.65. The number of nitrogen functional groups attached to an aromatic ring is 1. The van der Waals surface area contributed by atoms with Crippen LogP contribution < -0.4 is 10.0 Å². The first-order valence-corrected chi connectivity index (χ1v) is 7.55. The molecule has 2 N–H and O–H groups in total. The van der Waals surface area contributed by atoms with Crippen LogP contribution >= 0.6 is 11.3 Å². The summed E-state index contributed by atoms with van der Waals surface area (Å²) in [6.07, 6.45) is 0. The smallest absolute Gasteiger partial charge is 0.273 e.